The van der Waals surface area contributed by atoms with Crippen LogP contribution < -0.4 is 5.73 Å². The summed E-state index contributed by atoms with van der Waals surface area (Å²) in [7, 11) is 0. The summed E-state index contributed by atoms with van der Waals surface area (Å²) in [6, 6.07) is -0.250. The maximum atomic E-state index is 12.2. The van der Waals surface area contributed by atoms with E-state index < -0.39 is 12.7 Å². The molecule has 0 spiro atoms. The van der Waals surface area contributed by atoms with Crippen LogP contribution in [-0.2, 0) is 0 Å². The van der Waals surface area contributed by atoms with Crippen molar-refractivity contribution in [3.05, 3.63) is 0 Å². The molecule has 0 aromatic rings. The van der Waals surface area contributed by atoms with E-state index in [1.807, 2.05) is 20.8 Å². The standard InChI is InChI=1S/C10H21F3N2/c1-5-15(7-10(11,12)13)6-8(14)9(2,3)4/h8H,5-7,14H2,1-4H3. The van der Waals surface area contributed by atoms with Crippen LogP contribution in [0.5, 0.6) is 0 Å². The van der Waals surface area contributed by atoms with Gasteiger partial charge in [0, 0.05) is 12.6 Å². The molecule has 92 valence electrons. The zero-order valence-corrected chi connectivity index (χ0v) is 9.86. The molecule has 0 radical (unpaired) electrons. The van der Waals surface area contributed by atoms with Crippen molar-refractivity contribution in [2.45, 2.75) is 39.9 Å². The van der Waals surface area contributed by atoms with Crippen molar-refractivity contribution in [2.24, 2.45) is 11.1 Å². The summed E-state index contributed by atoms with van der Waals surface area (Å²) in [5, 5.41) is 0. The van der Waals surface area contributed by atoms with Gasteiger partial charge in [-0.25, -0.2) is 0 Å². The van der Waals surface area contributed by atoms with E-state index in [9.17, 15) is 13.2 Å². The molecule has 0 fully saturated rings. The third kappa shape index (κ3) is 6.73. The minimum absolute atomic E-state index is 0.168. The lowest BCUT2D eigenvalue weighted by Gasteiger charge is -2.32. The van der Waals surface area contributed by atoms with E-state index in [2.05, 4.69) is 0 Å². The van der Waals surface area contributed by atoms with Crippen molar-refractivity contribution in [2.75, 3.05) is 19.6 Å². The topological polar surface area (TPSA) is 29.3 Å². The van der Waals surface area contributed by atoms with E-state index >= 15 is 0 Å². The summed E-state index contributed by atoms with van der Waals surface area (Å²) >= 11 is 0. The first kappa shape index (κ1) is 14.7. The summed E-state index contributed by atoms with van der Waals surface area (Å²) in [4.78, 5) is 1.33. The highest BCUT2D eigenvalue weighted by Crippen LogP contribution is 2.20. The summed E-state index contributed by atoms with van der Waals surface area (Å²) in [6.07, 6.45) is -4.15. The minimum Gasteiger partial charge on any atom is -0.326 e. The normalized spacial score (nSPS) is 15.8. The van der Waals surface area contributed by atoms with Crippen LogP contribution in [0.3, 0.4) is 0 Å². The Kier molecular flexibility index (Phi) is 5.06. The van der Waals surface area contributed by atoms with Crippen LogP contribution in [0.4, 0.5) is 13.2 Å². The summed E-state index contributed by atoms with van der Waals surface area (Å²) < 4.78 is 36.5. The molecule has 15 heavy (non-hydrogen) atoms. The Morgan fingerprint density at radius 2 is 1.67 bits per heavy atom. The van der Waals surface area contributed by atoms with Gasteiger partial charge in [0.2, 0.25) is 0 Å². The average Bonchev–Trinajstić information content (AvgIpc) is 1.98. The van der Waals surface area contributed by atoms with Crippen molar-refractivity contribution < 1.29 is 13.2 Å². The van der Waals surface area contributed by atoms with Crippen molar-refractivity contribution in [3.63, 3.8) is 0 Å². The number of hydrogen-bond donors (Lipinski definition) is 1. The molecule has 0 amide bonds. The first-order valence-electron chi connectivity index (χ1n) is 5.11. The van der Waals surface area contributed by atoms with Crippen LogP contribution in [-0.4, -0.2) is 36.8 Å². The van der Waals surface area contributed by atoms with Crippen LogP contribution >= 0.6 is 0 Å². The Morgan fingerprint density at radius 3 is 1.93 bits per heavy atom. The van der Waals surface area contributed by atoms with E-state index in [1.165, 1.54) is 4.90 Å². The molecule has 0 aromatic heterocycles. The van der Waals surface area contributed by atoms with Crippen molar-refractivity contribution in [3.8, 4) is 0 Å². The predicted molar refractivity (Wildman–Crippen MR) is 55.6 cm³/mol. The van der Waals surface area contributed by atoms with Gasteiger partial charge in [0.05, 0.1) is 6.54 Å². The van der Waals surface area contributed by atoms with Crippen LogP contribution in [0.1, 0.15) is 27.7 Å². The van der Waals surface area contributed by atoms with Gasteiger partial charge < -0.3 is 5.73 Å². The van der Waals surface area contributed by atoms with Gasteiger partial charge in [0.1, 0.15) is 0 Å². The lowest BCUT2D eigenvalue weighted by Crippen LogP contribution is -2.47. The molecule has 2 N–H and O–H groups in total. The molecule has 0 aliphatic heterocycles. The second-order valence-corrected chi connectivity index (χ2v) is 4.92. The van der Waals surface area contributed by atoms with Gasteiger partial charge in [-0.1, -0.05) is 27.7 Å². The molecule has 0 bridgehead atoms. The van der Waals surface area contributed by atoms with Gasteiger partial charge >= 0.3 is 6.18 Å². The fourth-order valence-electron chi connectivity index (χ4n) is 1.11. The molecule has 0 aliphatic rings. The molecule has 1 atom stereocenters. The van der Waals surface area contributed by atoms with Gasteiger partial charge in [0.25, 0.3) is 0 Å². The van der Waals surface area contributed by atoms with Crippen LogP contribution in [0.25, 0.3) is 0 Å². The molecular formula is C10H21F3N2. The highest BCUT2D eigenvalue weighted by Gasteiger charge is 2.32. The highest BCUT2D eigenvalue weighted by molar-refractivity contribution is 4.80. The highest BCUT2D eigenvalue weighted by atomic mass is 19.4. The lowest BCUT2D eigenvalue weighted by molar-refractivity contribution is -0.146. The SMILES string of the molecule is CCN(CC(N)C(C)(C)C)CC(F)(F)F. The Bertz CT molecular complexity index is 184. The third-order valence-corrected chi connectivity index (χ3v) is 2.42. The van der Waals surface area contributed by atoms with Crippen molar-refractivity contribution in [1.82, 2.24) is 4.90 Å². The smallest absolute Gasteiger partial charge is 0.326 e. The molecule has 0 aromatic carbocycles. The summed E-state index contributed by atoms with van der Waals surface area (Å²) in [6.45, 7) is 7.26. The van der Waals surface area contributed by atoms with Gasteiger partial charge in [0.15, 0.2) is 0 Å². The fraction of sp³-hybridized carbons (Fsp3) is 1.00. The van der Waals surface area contributed by atoms with E-state index in [4.69, 9.17) is 5.73 Å². The number of halogens is 3. The molecule has 0 saturated carbocycles. The molecular weight excluding hydrogens is 205 g/mol. The van der Waals surface area contributed by atoms with Gasteiger partial charge in [-0.05, 0) is 12.0 Å². The number of hydrogen-bond acceptors (Lipinski definition) is 2. The molecule has 0 heterocycles. The Morgan fingerprint density at radius 1 is 1.20 bits per heavy atom. The number of alkyl halides is 3. The summed E-state index contributed by atoms with van der Waals surface area (Å²) in [5.74, 6) is 0. The zero-order chi connectivity index (χ0) is 12.3. The number of nitrogens with zero attached hydrogens (tertiary/aromatic N) is 1. The average molecular weight is 226 g/mol. The van der Waals surface area contributed by atoms with Gasteiger partial charge in [-0.15, -0.1) is 0 Å². The number of likely N-dealkylation sites (N-methyl/N-ethyl adjacent to an activating group) is 1. The molecule has 0 aliphatic carbocycles. The largest absolute Gasteiger partial charge is 0.401 e. The van der Waals surface area contributed by atoms with E-state index in [0.717, 1.165) is 0 Å². The molecule has 1 unspecified atom stereocenters. The fourth-order valence-corrected chi connectivity index (χ4v) is 1.11. The number of rotatable bonds is 4. The first-order chi connectivity index (χ1) is 6.56. The number of nitrogens with two attached hydrogens (primary N) is 1. The van der Waals surface area contributed by atoms with E-state index in [0.29, 0.717) is 6.54 Å². The van der Waals surface area contributed by atoms with E-state index in [1.54, 1.807) is 6.92 Å². The van der Waals surface area contributed by atoms with Crippen LogP contribution in [0.2, 0.25) is 0 Å². The Hall–Kier alpha value is -0.290. The van der Waals surface area contributed by atoms with Crippen LogP contribution in [0.15, 0.2) is 0 Å². The maximum absolute atomic E-state index is 12.2. The van der Waals surface area contributed by atoms with E-state index in [-0.39, 0.29) is 18.0 Å². The monoisotopic (exact) mass is 226 g/mol. The zero-order valence-electron chi connectivity index (χ0n) is 9.86. The molecule has 2 nitrogen and oxygen atoms in total. The quantitative estimate of drug-likeness (QED) is 0.796. The lowest BCUT2D eigenvalue weighted by atomic mass is 9.87. The Labute approximate surface area is 89.6 Å². The maximum Gasteiger partial charge on any atom is 0.401 e. The first-order valence-corrected chi connectivity index (χ1v) is 5.11. The second-order valence-electron chi connectivity index (χ2n) is 4.92. The predicted octanol–water partition coefficient (Wildman–Crippen LogP) is 2.24. The van der Waals surface area contributed by atoms with Crippen molar-refractivity contribution >= 4 is 0 Å². The molecule has 0 rings (SSSR count). The van der Waals surface area contributed by atoms with Crippen LogP contribution in [0, 0.1) is 5.41 Å². The van der Waals surface area contributed by atoms with Gasteiger partial charge in [-0.3, -0.25) is 4.90 Å². The third-order valence-electron chi connectivity index (χ3n) is 2.42. The second kappa shape index (κ2) is 5.16. The molecule has 0 saturated heterocycles. The van der Waals surface area contributed by atoms with Gasteiger partial charge in [-0.2, -0.15) is 13.2 Å². The minimum atomic E-state index is -4.15. The Balaban J connectivity index is 4.23. The van der Waals surface area contributed by atoms with Crippen molar-refractivity contribution in [1.29, 1.82) is 0 Å². The summed E-state index contributed by atoms with van der Waals surface area (Å²) in [5.41, 5.74) is 5.67. The molecule has 5 heteroatoms.